The number of aliphatic carboxylic acids is 1. The number of hydrogen-bond donors (Lipinski definition) is 2. The van der Waals surface area contributed by atoms with Crippen molar-refractivity contribution in [2.24, 2.45) is 0 Å². The molecule has 0 bridgehead atoms. The van der Waals surface area contributed by atoms with E-state index in [0.717, 1.165) is 27.4 Å². The van der Waals surface area contributed by atoms with Gasteiger partial charge in [0.1, 0.15) is 11.6 Å². The number of carboxylic acids is 1. The van der Waals surface area contributed by atoms with Crippen LogP contribution in [0.1, 0.15) is 5.82 Å². The van der Waals surface area contributed by atoms with Crippen molar-refractivity contribution in [3.8, 4) is 11.4 Å². The highest BCUT2D eigenvalue weighted by Crippen LogP contribution is 2.25. The fraction of sp³-hybridized carbons (Fsp3) is 0.105. The third kappa shape index (κ3) is 4.12. The molecule has 0 atom stereocenters. The Kier molecular flexibility index (Phi) is 4.80. The Balaban J connectivity index is 1.42. The number of nitrogens with one attached hydrogen (secondary N) is 1. The van der Waals surface area contributed by atoms with Gasteiger partial charge in [0.15, 0.2) is 6.61 Å². The Morgan fingerprint density at radius 2 is 2.07 bits per heavy atom. The number of carboxylic acid groups (broad SMARTS) is 1. The molecule has 2 aromatic carbocycles. The molecular formula is C19H16N4O3S. The van der Waals surface area contributed by atoms with E-state index in [1.807, 2.05) is 41.1 Å². The summed E-state index contributed by atoms with van der Waals surface area (Å²) in [6.07, 6.45) is 5.41. The number of carbonyl (C=O) groups is 1. The summed E-state index contributed by atoms with van der Waals surface area (Å²) < 4.78 is 7.08. The van der Waals surface area contributed by atoms with Crippen LogP contribution in [0, 0.1) is 0 Å². The van der Waals surface area contributed by atoms with Gasteiger partial charge in [-0.05, 0) is 42.5 Å². The Morgan fingerprint density at radius 3 is 2.81 bits per heavy atom. The zero-order chi connectivity index (χ0) is 18.6. The maximum Gasteiger partial charge on any atom is 0.341 e. The number of benzene rings is 2. The molecule has 2 aromatic heterocycles. The first kappa shape index (κ1) is 17.2. The number of H-pyrrole nitrogens is 1. The minimum atomic E-state index is -0.991. The predicted octanol–water partition coefficient (Wildman–Crippen LogP) is 3.50. The number of imidazole rings is 2. The predicted molar refractivity (Wildman–Crippen MR) is 102 cm³/mol. The van der Waals surface area contributed by atoms with Crippen molar-refractivity contribution >= 4 is 28.8 Å². The van der Waals surface area contributed by atoms with Gasteiger partial charge in [-0.2, -0.15) is 0 Å². The summed E-state index contributed by atoms with van der Waals surface area (Å²) in [6.45, 7) is -0.341. The Bertz CT molecular complexity index is 1060. The maximum atomic E-state index is 10.5. The van der Waals surface area contributed by atoms with E-state index in [1.54, 1.807) is 36.4 Å². The zero-order valence-corrected chi connectivity index (χ0v) is 15.0. The van der Waals surface area contributed by atoms with Crippen LogP contribution >= 0.6 is 11.8 Å². The molecule has 0 unspecified atom stereocenters. The van der Waals surface area contributed by atoms with Crippen molar-refractivity contribution < 1.29 is 14.6 Å². The second-order valence-corrected chi connectivity index (χ2v) is 6.85. The molecule has 4 rings (SSSR count). The van der Waals surface area contributed by atoms with E-state index in [0.29, 0.717) is 11.5 Å². The van der Waals surface area contributed by atoms with Gasteiger partial charge in [-0.3, -0.25) is 0 Å². The first-order valence-corrected chi connectivity index (χ1v) is 9.20. The van der Waals surface area contributed by atoms with Crippen LogP contribution in [0.25, 0.3) is 16.7 Å². The number of nitrogens with zero attached hydrogens (tertiary/aromatic N) is 3. The molecule has 8 heteroatoms. The van der Waals surface area contributed by atoms with Crippen LogP contribution in [-0.4, -0.2) is 37.2 Å². The van der Waals surface area contributed by atoms with Crippen molar-refractivity contribution in [2.75, 3.05) is 6.61 Å². The van der Waals surface area contributed by atoms with Crippen molar-refractivity contribution in [2.45, 2.75) is 10.6 Å². The minimum Gasteiger partial charge on any atom is -0.482 e. The molecule has 2 N–H and O–H groups in total. The number of ether oxygens (including phenoxy) is 1. The monoisotopic (exact) mass is 380 g/mol. The molecule has 0 aliphatic heterocycles. The molecule has 27 heavy (non-hydrogen) atoms. The zero-order valence-electron chi connectivity index (χ0n) is 14.2. The number of aromatic nitrogens is 4. The molecule has 136 valence electrons. The van der Waals surface area contributed by atoms with Crippen LogP contribution in [0.3, 0.4) is 0 Å². The number of thioether (sulfide) groups is 1. The van der Waals surface area contributed by atoms with Gasteiger partial charge < -0.3 is 19.4 Å². The molecule has 0 aliphatic rings. The van der Waals surface area contributed by atoms with Crippen LogP contribution in [0.2, 0.25) is 0 Å². The third-order valence-electron chi connectivity index (χ3n) is 3.88. The van der Waals surface area contributed by atoms with Crippen LogP contribution in [-0.2, 0) is 10.5 Å². The average molecular weight is 380 g/mol. The van der Waals surface area contributed by atoms with Crippen molar-refractivity contribution in [3.63, 3.8) is 0 Å². The second kappa shape index (κ2) is 7.55. The smallest absolute Gasteiger partial charge is 0.341 e. The number of fused-ring (bicyclic) bond motifs is 1. The highest BCUT2D eigenvalue weighted by Gasteiger charge is 2.06. The van der Waals surface area contributed by atoms with Crippen LogP contribution in [0.5, 0.6) is 5.75 Å². The third-order valence-corrected chi connectivity index (χ3v) is 4.90. The lowest BCUT2D eigenvalue weighted by Gasteiger charge is -2.04. The number of rotatable bonds is 7. The highest BCUT2D eigenvalue weighted by molar-refractivity contribution is 7.98. The summed E-state index contributed by atoms with van der Waals surface area (Å²) in [5.41, 5.74) is 2.93. The largest absolute Gasteiger partial charge is 0.482 e. The first-order valence-electron chi connectivity index (χ1n) is 8.22. The fourth-order valence-electron chi connectivity index (χ4n) is 2.62. The molecular weight excluding hydrogens is 364 g/mol. The van der Waals surface area contributed by atoms with Crippen LogP contribution < -0.4 is 4.74 Å². The van der Waals surface area contributed by atoms with E-state index in [2.05, 4.69) is 15.0 Å². The summed E-state index contributed by atoms with van der Waals surface area (Å²) in [5.74, 6) is 1.14. The van der Waals surface area contributed by atoms with Crippen molar-refractivity contribution in [1.29, 1.82) is 0 Å². The van der Waals surface area contributed by atoms with Crippen molar-refractivity contribution in [1.82, 2.24) is 19.5 Å². The Hall–Kier alpha value is -3.26. The lowest BCUT2D eigenvalue weighted by molar-refractivity contribution is -0.139. The average Bonchev–Trinajstić information content (AvgIpc) is 3.34. The molecule has 0 saturated carbocycles. The van der Waals surface area contributed by atoms with Gasteiger partial charge in [-0.15, -0.1) is 11.8 Å². The summed E-state index contributed by atoms with van der Waals surface area (Å²) in [4.78, 5) is 23.6. The molecule has 4 aromatic rings. The van der Waals surface area contributed by atoms with Gasteiger partial charge in [0.05, 0.1) is 23.1 Å². The van der Waals surface area contributed by atoms with Gasteiger partial charge in [0.2, 0.25) is 0 Å². The maximum absolute atomic E-state index is 10.5. The van der Waals surface area contributed by atoms with E-state index in [4.69, 9.17) is 9.84 Å². The highest BCUT2D eigenvalue weighted by atomic mass is 32.2. The fourth-order valence-corrected chi connectivity index (χ4v) is 3.39. The Morgan fingerprint density at radius 1 is 1.22 bits per heavy atom. The van der Waals surface area contributed by atoms with Gasteiger partial charge in [-0.25, -0.2) is 14.8 Å². The molecule has 0 fully saturated rings. The Labute approximate surface area is 159 Å². The molecule has 0 amide bonds. The van der Waals surface area contributed by atoms with E-state index >= 15 is 0 Å². The quantitative estimate of drug-likeness (QED) is 0.477. The van der Waals surface area contributed by atoms with E-state index in [1.165, 1.54) is 0 Å². The SMILES string of the molecule is O=C(O)COc1ccc(SCc2nc3ccc(-n4ccnc4)cc3[nH]2)cc1. The lowest BCUT2D eigenvalue weighted by Crippen LogP contribution is -2.09. The summed E-state index contributed by atoms with van der Waals surface area (Å²) in [7, 11) is 0. The molecule has 0 aliphatic carbocycles. The molecule has 0 radical (unpaired) electrons. The molecule has 7 nitrogen and oxygen atoms in total. The summed E-state index contributed by atoms with van der Waals surface area (Å²) in [6, 6.07) is 13.4. The minimum absolute atomic E-state index is 0.341. The van der Waals surface area contributed by atoms with Gasteiger partial charge >= 0.3 is 5.97 Å². The van der Waals surface area contributed by atoms with Gasteiger partial charge in [0.25, 0.3) is 0 Å². The second-order valence-electron chi connectivity index (χ2n) is 5.80. The van der Waals surface area contributed by atoms with Crippen LogP contribution in [0.4, 0.5) is 0 Å². The van der Waals surface area contributed by atoms with Crippen molar-refractivity contribution in [3.05, 3.63) is 67.0 Å². The van der Waals surface area contributed by atoms with Gasteiger partial charge in [0, 0.05) is 23.0 Å². The lowest BCUT2D eigenvalue weighted by atomic mass is 10.3. The molecule has 0 saturated heterocycles. The normalized spacial score (nSPS) is 11.0. The standard InChI is InChI=1S/C19H16N4O3S/c24-19(25)10-26-14-2-4-15(5-3-14)27-11-18-21-16-6-1-13(9-17(16)22-18)23-8-7-20-12-23/h1-9,12H,10-11H2,(H,21,22)(H,24,25). The molecule has 0 spiro atoms. The first-order chi connectivity index (χ1) is 13.2. The summed E-state index contributed by atoms with van der Waals surface area (Å²) in [5, 5.41) is 8.63. The van der Waals surface area contributed by atoms with E-state index in [9.17, 15) is 4.79 Å². The van der Waals surface area contributed by atoms with Gasteiger partial charge in [-0.1, -0.05) is 0 Å². The van der Waals surface area contributed by atoms with Crippen LogP contribution in [0.15, 0.2) is 66.1 Å². The summed E-state index contributed by atoms with van der Waals surface area (Å²) >= 11 is 1.64. The molecule has 2 heterocycles. The van der Waals surface area contributed by atoms with E-state index in [-0.39, 0.29) is 6.61 Å². The number of aromatic amines is 1. The number of hydrogen-bond acceptors (Lipinski definition) is 5. The topological polar surface area (TPSA) is 93.0 Å². The van der Waals surface area contributed by atoms with E-state index < -0.39 is 5.97 Å².